The van der Waals surface area contributed by atoms with E-state index in [9.17, 15) is 9.59 Å². The number of likely N-dealkylation sites (tertiary alicyclic amines) is 1. The molecule has 1 fully saturated rings. The molecule has 0 spiro atoms. The summed E-state index contributed by atoms with van der Waals surface area (Å²) < 4.78 is 0. The van der Waals surface area contributed by atoms with Crippen molar-refractivity contribution in [2.45, 2.75) is 19.8 Å². The van der Waals surface area contributed by atoms with Crippen molar-refractivity contribution >= 4 is 11.8 Å². The maximum atomic E-state index is 10.7. The first-order valence-corrected chi connectivity index (χ1v) is 4.13. The first-order chi connectivity index (χ1) is 5.59. The molecule has 0 aromatic rings. The second-order valence-electron chi connectivity index (χ2n) is 3.30. The van der Waals surface area contributed by atoms with Crippen molar-refractivity contribution in [3.8, 4) is 0 Å². The molecule has 1 aliphatic rings. The van der Waals surface area contributed by atoms with Gasteiger partial charge in [0.05, 0.1) is 0 Å². The number of carbonyl (C=O) groups excluding carboxylic acids is 2. The van der Waals surface area contributed by atoms with Gasteiger partial charge in [0.1, 0.15) is 0 Å². The molecule has 1 aliphatic heterocycles. The Hall–Kier alpha value is -1.06. The smallest absolute Gasteiger partial charge is 0.219 e. The molecule has 4 heteroatoms. The number of hydrogen-bond donors (Lipinski definition) is 1. The highest BCUT2D eigenvalue weighted by molar-refractivity contribution is 5.74. The van der Waals surface area contributed by atoms with Gasteiger partial charge in [0.2, 0.25) is 11.8 Å². The molecule has 68 valence electrons. The summed E-state index contributed by atoms with van der Waals surface area (Å²) in [5.74, 6) is 0.350. The van der Waals surface area contributed by atoms with Gasteiger partial charge >= 0.3 is 0 Å². The Morgan fingerprint density at radius 1 is 1.50 bits per heavy atom. The van der Waals surface area contributed by atoms with Crippen molar-refractivity contribution in [2.24, 2.45) is 11.7 Å². The van der Waals surface area contributed by atoms with Gasteiger partial charge in [-0.15, -0.1) is 0 Å². The van der Waals surface area contributed by atoms with Crippen molar-refractivity contribution in [3.05, 3.63) is 0 Å². The Labute approximate surface area is 71.7 Å². The SMILES string of the molecule is CC(=O)N1CC(CCC(N)=O)C1. The highest BCUT2D eigenvalue weighted by Crippen LogP contribution is 2.19. The van der Waals surface area contributed by atoms with E-state index in [2.05, 4.69) is 0 Å². The summed E-state index contributed by atoms with van der Waals surface area (Å²) in [5, 5.41) is 0. The van der Waals surface area contributed by atoms with Gasteiger partial charge in [-0.05, 0) is 12.3 Å². The highest BCUT2D eigenvalue weighted by Gasteiger charge is 2.27. The fraction of sp³-hybridized carbons (Fsp3) is 0.750. The topological polar surface area (TPSA) is 63.4 Å². The first-order valence-electron chi connectivity index (χ1n) is 4.13. The summed E-state index contributed by atoms with van der Waals surface area (Å²) in [6, 6.07) is 0. The van der Waals surface area contributed by atoms with Crippen molar-refractivity contribution in [2.75, 3.05) is 13.1 Å². The second-order valence-corrected chi connectivity index (χ2v) is 3.30. The molecular formula is C8H14N2O2. The summed E-state index contributed by atoms with van der Waals surface area (Å²) in [7, 11) is 0. The number of nitrogens with zero attached hydrogens (tertiary/aromatic N) is 1. The van der Waals surface area contributed by atoms with Crippen LogP contribution in [0.3, 0.4) is 0 Å². The Bertz CT molecular complexity index is 194. The highest BCUT2D eigenvalue weighted by atomic mass is 16.2. The summed E-state index contributed by atoms with van der Waals surface area (Å²) in [5.41, 5.74) is 4.99. The van der Waals surface area contributed by atoms with Crippen LogP contribution < -0.4 is 5.73 Å². The van der Waals surface area contributed by atoms with Gasteiger partial charge < -0.3 is 10.6 Å². The van der Waals surface area contributed by atoms with E-state index >= 15 is 0 Å². The lowest BCUT2D eigenvalue weighted by Crippen LogP contribution is -2.49. The van der Waals surface area contributed by atoms with E-state index in [0.29, 0.717) is 12.3 Å². The molecule has 1 rings (SSSR count). The molecule has 0 aromatic carbocycles. The number of hydrogen-bond acceptors (Lipinski definition) is 2. The minimum Gasteiger partial charge on any atom is -0.370 e. The zero-order chi connectivity index (χ0) is 9.14. The Balaban J connectivity index is 2.10. The maximum absolute atomic E-state index is 10.7. The summed E-state index contributed by atoms with van der Waals surface area (Å²) >= 11 is 0. The van der Waals surface area contributed by atoms with Crippen molar-refractivity contribution in [1.29, 1.82) is 0 Å². The van der Waals surface area contributed by atoms with Gasteiger partial charge in [0.15, 0.2) is 0 Å². The molecule has 0 unspecified atom stereocenters. The number of amides is 2. The fourth-order valence-corrected chi connectivity index (χ4v) is 1.36. The van der Waals surface area contributed by atoms with Crippen LogP contribution in [0.1, 0.15) is 19.8 Å². The van der Waals surface area contributed by atoms with Crippen LogP contribution in [0.25, 0.3) is 0 Å². The van der Waals surface area contributed by atoms with Crippen LogP contribution in [-0.2, 0) is 9.59 Å². The quantitative estimate of drug-likeness (QED) is 0.633. The van der Waals surface area contributed by atoms with E-state index in [0.717, 1.165) is 19.5 Å². The normalized spacial score (nSPS) is 17.2. The van der Waals surface area contributed by atoms with Crippen LogP contribution in [0.4, 0.5) is 0 Å². The number of primary amides is 1. The largest absolute Gasteiger partial charge is 0.370 e. The number of rotatable bonds is 3. The van der Waals surface area contributed by atoms with Crippen LogP contribution in [0.15, 0.2) is 0 Å². The van der Waals surface area contributed by atoms with Gasteiger partial charge in [-0.3, -0.25) is 9.59 Å². The fourth-order valence-electron chi connectivity index (χ4n) is 1.36. The zero-order valence-electron chi connectivity index (χ0n) is 7.25. The zero-order valence-corrected chi connectivity index (χ0v) is 7.25. The summed E-state index contributed by atoms with van der Waals surface area (Å²) in [6.07, 6.45) is 1.26. The third kappa shape index (κ3) is 2.22. The van der Waals surface area contributed by atoms with Gasteiger partial charge in [-0.25, -0.2) is 0 Å². The number of nitrogens with two attached hydrogens (primary N) is 1. The van der Waals surface area contributed by atoms with E-state index in [1.807, 2.05) is 0 Å². The summed E-state index contributed by atoms with van der Waals surface area (Å²) in [6.45, 7) is 3.15. The van der Waals surface area contributed by atoms with E-state index in [1.54, 1.807) is 11.8 Å². The molecule has 1 saturated heterocycles. The maximum Gasteiger partial charge on any atom is 0.219 e. The molecule has 0 bridgehead atoms. The molecule has 0 saturated carbocycles. The van der Waals surface area contributed by atoms with Gasteiger partial charge in [-0.1, -0.05) is 0 Å². The Kier molecular flexibility index (Phi) is 2.68. The second kappa shape index (κ2) is 3.56. The lowest BCUT2D eigenvalue weighted by Gasteiger charge is -2.38. The lowest BCUT2D eigenvalue weighted by atomic mass is 9.94. The molecule has 4 nitrogen and oxygen atoms in total. The molecular weight excluding hydrogens is 156 g/mol. The first kappa shape index (κ1) is 9.03. The lowest BCUT2D eigenvalue weighted by molar-refractivity contribution is -0.135. The summed E-state index contributed by atoms with van der Waals surface area (Å²) in [4.78, 5) is 22.9. The molecule has 0 aromatic heterocycles. The average Bonchev–Trinajstić information content (AvgIpc) is 1.82. The van der Waals surface area contributed by atoms with Gasteiger partial charge in [0.25, 0.3) is 0 Å². The van der Waals surface area contributed by atoms with E-state index in [-0.39, 0.29) is 11.8 Å². The third-order valence-electron chi connectivity index (χ3n) is 2.20. The number of carbonyl (C=O) groups is 2. The third-order valence-corrected chi connectivity index (χ3v) is 2.20. The molecule has 2 N–H and O–H groups in total. The monoisotopic (exact) mass is 170 g/mol. The minimum atomic E-state index is -0.253. The predicted molar refractivity (Wildman–Crippen MR) is 44.2 cm³/mol. The van der Waals surface area contributed by atoms with Gasteiger partial charge in [0, 0.05) is 26.4 Å². The predicted octanol–water partition coefficient (Wildman–Crippen LogP) is -0.270. The molecule has 0 radical (unpaired) electrons. The van der Waals surface area contributed by atoms with Crippen molar-refractivity contribution < 1.29 is 9.59 Å². The van der Waals surface area contributed by atoms with Crippen LogP contribution in [0, 0.1) is 5.92 Å². The average molecular weight is 170 g/mol. The van der Waals surface area contributed by atoms with Crippen molar-refractivity contribution in [3.63, 3.8) is 0 Å². The van der Waals surface area contributed by atoms with E-state index in [4.69, 9.17) is 5.73 Å². The van der Waals surface area contributed by atoms with Gasteiger partial charge in [-0.2, -0.15) is 0 Å². The standard InChI is InChI=1S/C8H14N2O2/c1-6(11)10-4-7(5-10)2-3-8(9)12/h7H,2-5H2,1H3,(H2,9,12). The van der Waals surface area contributed by atoms with Crippen molar-refractivity contribution in [1.82, 2.24) is 4.90 Å². The van der Waals surface area contributed by atoms with Crippen LogP contribution in [-0.4, -0.2) is 29.8 Å². The molecule has 2 amide bonds. The molecule has 0 atom stereocenters. The van der Waals surface area contributed by atoms with E-state index < -0.39 is 0 Å². The minimum absolute atomic E-state index is 0.116. The van der Waals surface area contributed by atoms with Crippen LogP contribution in [0.5, 0.6) is 0 Å². The molecule has 0 aliphatic carbocycles. The van der Waals surface area contributed by atoms with Crippen LogP contribution >= 0.6 is 0 Å². The molecule has 1 heterocycles. The Morgan fingerprint density at radius 3 is 2.50 bits per heavy atom. The van der Waals surface area contributed by atoms with E-state index in [1.165, 1.54) is 0 Å². The van der Waals surface area contributed by atoms with Crippen LogP contribution in [0.2, 0.25) is 0 Å². The Morgan fingerprint density at radius 2 is 2.08 bits per heavy atom. The molecule has 12 heavy (non-hydrogen) atoms.